The van der Waals surface area contributed by atoms with Crippen LogP contribution in [0.15, 0.2) is 0 Å². The Balaban J connectivity index is 1.95. The molecule has 0 saturated carbocycles. The smallest absolute Gasteiger partial charge is 0.316 e. The highest BCUT2D eigenvalue weighted by atomic mass is 32.2. The molecule has 2 aliphatic rings. The molecule has 0 aromatic carbocycles. The zero-order chi connectivity index (χ0) is 13.9. The van der Waals surface area contributed by atoms with Gasteiger partial charge in [-0.3, -0.25) is 4.79 Å². The number of carboxylic acid groups (broad SMARTS) is 1. The standard InChI is InChI=1S/C14H24O4S/c1-10(2)12(13(15)16)19-11-3-6-18-14(9-11)4-7-17-8-5-14/h10-12H,3-9H2,1-2H3,(H,15,16). The molecule has 2 heterocycles. The Hall–Kier alpha value is -0.260. The summed E-state index contributed by atoms with van der Waals surface area (Å²) in [4.78, 5) is 11.3. The van der Waals surface area contributed by atoms with E-state index in [2.05, 4.69) is 0 Å². The number of hydrogen-bond donors (Lipinski definition) is 1. The Labute approximate surface area is 119 Å². The van der Waals surface area contributed by atoms with E-state index in [9.17, 15) is 9.90 Å². The molecule has 0 bridgehead atoms. The van der Waals surface area contributed by atoms with Gasteiger partial charge in [-0.05, 0) is 31.6 Å². The molecule has 0 amide bonds. The van der Waals surface area contributed by atoms with Crippen molar-refractivity contribution < 1.29 is 19.4 Å². The van der Waals surface area contributed by atoms with Crippen LogP contribution in [0.2, 0.25) is 0 Å². The average molecular weight is 288 g/mol. The Morgan fingerprint density at radius 1 is 1.32 bits per heavy atom. The Bertz CT molecular complexity index is 307. The summed E-state index contributed by atoms with van der Waals surface area (Å²) in [5, 5.41) is 9.40. The van der Waals surface area contributed by atoms with Gasteiger partial charge in [0.1, 0.15) is 5.25 Å². The molecular weight excluding hydrogens is 264 g/mol. The van der Waals surface area contributed by atoms with Gasteiger partial charge >= 0.3 is 5.97 Å². The van der Waals surface area contributed by atoms with Crippen LogP contribution < -0.4 is 0 Å². The Kier molecular flexibility index (Phi) is 5.15. The molecule has 2 fully saturated rings. The highest BCUT2D eigenvalue weighted by Gasteiger charge is 2.40. The summed E-state index contributed by atoms with van der Waals surface area (Å²) < 4.78 is 11.4. The molecule has 1 spiro atoms. The van der Waals surface area contributed by atoms with Crippen LogP contribution in [0, 0.1) is 5.92 Å². The summed E-state index contributed by atoms with van der Waals surface area (Å²) >= 11 is 1.63. The molecule has 2 aliphatic heterocycles. The largest absolute Gasteiger partial charge is 0.480 e. The Morgan fingerprint density at radius 2 is 2.00 bits per heavy atom. The first-order valence-corrected chi connectivity index (χ1v) is 8.07. The highest BCUT2D eigenvalue weighted by Crippen LogP contribution is 2.40. The second-order valence-corrected chi connectivity index (χ2v) is 7.34. The maximum absolute atomic E-state index is 11.3. The molecule has 19 heavy (non-hydrogen) atoms. The van der Waals surface area contributed by atoms with Gasteiger partial charge in [-0.15, -0.1) is 11.8 Å². The molecule has 0 aromatic heterocycles. The summed E-state index contributed by atoms with van der Waals surface area (Å²) in [6.45, 7) is 6.25. The van der Waals surface area contributed by atoms with Gasteiger partial charge in [0.15, 0.2) is 0 Å². The van der Waals surface area contributed by atoms with E-state index in [1.54, 1.807) is 11.8 Å². The summed E-state index contributed by atoms with van der Waals surface area (Å²) in [7, 11) is 0. The number of hydrogen-bond acceptors (Lipinski definition) is 4. The van der Waals surface area contributed by atoms with Crippen LogP contribution in [-0.2, 0) is 14.3 Å². The van der Waals surface area contributed by atoms with Crippen molar-refractivity contribution >= 4 is 17.7 Å². The minimum Gasteiger partial charge on any atom is -0.480 e. The molecule has 2 rings (SSSR count). The quantitative estimate of drug-likeness (QED) is 0.861. The fourth-order valence-electron chi connectivity index (χ4n) is 2.90. The summed E-state index contributed by atoms with van der Waals surface area (Å²) in [5.41, 5.74) is -0.0474. The van der Waals surface area contributed by atoms with Crippen molar-refractivity contribution in [1.29, 1.82) is 0 Å². The van der Waals surface area contributed by atoms with E-state index in [1.165, 1.54) is 0 Å². The lowest BCUT2D eigenvalue weighted by atomic mass is 9.86. The van der Waals surface area contributed by atoms with Crippen molar-refractivity contribution in [2.75, 3.05) is 19.8 Å². The molecule has 1 N–H and O–H groups in total. The topological polar surface area (TPSA) is 55.8 Å². The number of aliphatic carboxylic acids is 1. The van der Waals surface area contributed by atoms with Crippen LogP contribution in [0.3, 0.4) is 0 Å². The number of carbonyl (C=O) groups is 1. The van der Waals surface area contributed by atoms with Crippen LogP contribution in [0.1, 0.15) is 39.5 Å². The zero-order valence-electron chi connectivity index (χ0n) is 11.8. The van der Waals surface area contributed by atoms with Crippen LogP contribution in [0.5, 0.6) is 0 Å². The fourth-order valence-corrected chi connectivity index (χ4v) is 4.38. The number of carboxylic acids is 1. The van der Waals surface area contributed by atoms with Gasteiger partial charge in [0.25, 0.3) is 0 Å². The third kappa shape index (κ3) is 3.86. The number of rotatable bonds is 4. The van der Waals surface area contributed by atoms with E-state index in [0.29, 0.717) is 5.25 Å². The average Bonchev–Trinajstić information content (AvgIpc) is 2.36. The molecule has 2 saturated heterocycles. The van der Waals surface area contributed by atoms with Crippen molar-refractivity contribution in [3.05, 3.63) is 0 Å². The lowest BCUT2D eigenvalue weighted by Gasteiger charge is -2.43. The van der Waals surface area contributed by atoms with E-state index in [-0.39, 0.29) is 16.8 Å². The highest BCUT2D eigenvalue weighted by molar-refractivity contribution is 8.01. The molecule has 2 atom stereocenters. The Morgan fingerprint density at radius 3 is 2.58 bits per heavy atom. The first-order valence-electron chi connectivity index (χ1n) is 7.12. The summed E-state index contributed by atoms with van der Waals surface area (Å²) in [6.07, 6.45) is 3.83. The second-order valence-electron chi connectivity index (χ2n) is 5.90. The van der Waals surface area contributed by atoms with Gasteiger partial charge in [0.05, 0.1) is 5.60 Å². The zero-order valence-corrected chi connectivity index (χ0v) is 12.6. The van der Waals surface area contributed by atoms with Crippen LogP contribution in [0.25, 0.3) is 0 Å². The molecule has 5 heteroatoms. The van der Waals surface area contributed by atoms with Gasteiger partial charge in [-0.2, -0.15) is 0 Å². The molecule has 110 valence electrons. The van der Waals surface area contributed by atoms with Crippen molar-refractivity contribution in [1.82, 2.24) is 0 Å². The van der Waals surface area contributed by atoms with Gasteiger partial charge < -0.3 is 14.6 Å². The predicted octanol–water partition coefficient (Wildman–Crippen LogP) is 2.56. The number of ether oxygens (including phenoxy) is 2. The van der Waals surface area contributed by atoms with Crippen LogP contribution in [0.4, 0.5) is 0 Å². The van der Waals surface area contributed by atoms with E-state index < -0.39 is 5.97 Å². The SMILES string of the molecule is CC(C)C(SC1CCOC2(CCOCC2)C1)C(=O)O. The normalized spacial score (nSPS) is 28.5. The van der Waals surface area contributed by atoms with Crippen molar-refractivity contribution in [2.24, 2.45) is 5.92 Å². The van der Waals surface area contributed by atoms with E-state index in [0.717, 1.165) is 45.5 Å². The van der Waals surface area contributed by atoms with Gasteiger partial charge in [-0.25, -0.2) is 0 Å². The molecule has 0 aliphatic carbocycles. The lowest BCUT2D eigenvalue weighted by molar-refractivity contribution is -0.137. The third-order valence-corrected chi connectivity index (χ3v) is 5.87. The second kappa shape index (κ2) is 6.46. The molecule has 0 aromatic rings. The third-order valence-electron chi connectivity index (χ3n) is 4.04. The van der Waals surface area contributed by atoms with Gasteiger partial charge in [-0.1, -0.05) is 13.8 Å². The van der Waals surface area contributed by atoms with Crippen LogP contribution in [-0.4, -0.2) is 47.0 Å². The lowest BCUT2D eigenvalue weighted by Crippen LogP contribution is -2.46. The van der Waals surface area contributed by atoms with Gasteiger partial charge in [0.2, 0.25) is 0 Å². The van der Waals surface area contributed by atoms with E-state index in [4.69, 9.17) is 9.47 Å². The first-order chi connectivity index (χ1) is 9.02. The molecular formula is C14H24O4S. The molecule has 4 nitrogen and oxygen atoms in total. The van der Waals surface area contributed by atoms with Gasteiger partial charge in [0, 0.05) is 25.1 Å². The van der Waals surface area contributed by atoms with Crippen molar-refractivity contribution in [2.45, 2.75) is 55.6 Å². The fraction of sp³-hybridized carbons (Fsp3) is 0.929. The van der Waals surface area contributed by atoms with Crippen LogP contribution >= 0.6 is 11.8 Å². The molecule has 0 radical (unpaired) electrons. The minimum atomic E-state index is -0.687. The summed E-state index contributed by atoms with van der Waals surface area (Å²) in [5.74, 6) is -0.525. The monoisotopic (exact) mass is 288 g/mol. The maximum Gasteiger partial charge on any atom is 0.316 e. The maximum atomic E-state index is 11.3. The van der Waals surface area contributed by atoms with E-state index >= 15 is 0 Å². The summed E-state index contributed by atoms with van der Waals surface area (Å²) in [6, 6.07) is 0. The number of thioether (sulfide) groups is 1. The predicted molar refractivity (Wildman–Crippen MR) is 75.6 cm³/mol. The van der Waals surface area contributed by atoms with Crippen molar-refractivity contribution in [3.8, 4) is 0 Å². The molecule has 2 unspecified atom stereocenters. The van der Waals surface area contributed by atoms with Crippen molar-refractivity contribution in [3.63, 3.8) is 0 Å². The van der Waals surface area contributed by atoms with E-state index in [1.807, 2.05) is 13.8 Å². The minimum absolute atomic E-state index is 0.0474. The first kappa shape index (κ1) is 15.1.